The molecular weight excluding hydrogens is 443 g/mol. The van der Waals surface area contributed by atoms with Crippen molar-refractivity contribution >= 4 is 17.5 Å². The number of halogens is 3. The molecule has 0 aromatic heterocycles. The minimum Gasteiger partial charge on any atom is -0.392 e. The number of anilines is 1. The van der Waals surface area contributed by atoms with Crippen LogP contribution in [0.25, 0.3) is 0 Å². The third-order valence-electron chi connectivity index (χ3n) is 7.79. The van der Waals surface area contributed by atoms with Crippen LogP contribution in [0.15, 0.2) is 72.8 Å². The van der Waals surface area contributed by atoms with E-state index >= 15 is 0 Å². The number of aliphatic hydroxyl groups excluding tert-OH is 1. The first kappa shape index (κ1) is 21.1. The fourth-order valence-corrected chi connectivity index (χ4v) is 6.69. The predicted molar refractivity (Wildman–Crippen MR) is 118 cm³/mol. The summed E-state index contributed by atoms with van der Waals surface area (Å²) in [6.07, 6.45) is -5.81. The molecule has 172 valence electrons. The highest BCUT2D eigenvalue weighted by molar-refractivity contribution is 6.24. The molecule has 34 heavy (non-hydrogen) atoms. The van der Waals surface area contributed by atoms with Crippen molar-refractivity contribution in [2.45, 2.75) is 30.5 Å². The molecular formula is C27H20F3NO3. The van der Waals surface area contributed by atoms with E-state index in [1.807, 2.05) is 48.5 Å². The Morgan fingerprint density at radius 1 is 0.853 bits per heavy atom. The maximum Gasteiger partial charge on any atom is 0.418 e. The van der Waals surface area contributed by atoms with Crippen molar-refractivity contribution in [2.75, 3.05) is 4.90 Å². The minimum atomic E-state index is -4.74. The van der Waals surface area contributed by atoms with Gasteiger partial charge in [-0.2, -0.15) is 13.2 Å². The first-order chi connectivity index (χ1) is 16.2. The maximum absolute atomic E-state index is 14.0. The summed E-state index contributed by atoms with van der Waals surface area (Å²) in [4.78, 5) is 28.5. The van der Waals surface area contributed by atoms with Gasteiger partial charge in [0.25, 0.3) is 0 Å². The van der Waals surface area contributed by atoms with Crippen LogP contribution in [0.4, 0.5) is 18.9 Å². The van der Waals surface area contributed by atoms with Gasteiger partial charge in [-0.05, 0) is 41.3 Å². The van der Waals surface area contributed by atoms with Crippen LogP contribution in [0.1, 0.15) is 40.7 Å². The Bertz CT molecular complexity index is 1320. The van der Waals surface area contributed by atoms with E-state index in [1.165, 1.54) is 12.1 Å². The second-order valence-corrected chi connectivity index (χ2v) is 9.23. The Kier molecular flexibility index (Phi) is 4.22. The van der Waals surface area contributed by atoms with Gasteiger partial charge < -0.3 is 5.11 Å². The molecule has 2 amide bonds. The van der Waals surface area contributed by atoms with Gasteiger partial charge in [0.1, 0.15) is 0 Å². The molecule has 0 saturated carbocycles. The van der Waals surface area contributed by atoms with E-state index < -0.39 is 58.5 Å². The van der Waals surface area contributed by atoms with E-state index in [4.69, 9.17) is 0 Å². The number of imide groups is 1. The highest BCUT2D eigenvalue weighted by atomic mass is 19.4. The van der Waals surface area contributed by atoms with Crippen molar-refractivity contribution in [1.29, 1.82) is 0 Å². The quantitative estimate of drug-likeness (QED) is 0.564. The van der Waals surface area contributed by atoms with Crippen LogP contribution in [0.3, 0.4) is 0 Å². The third kappa shape index (κ3) is 2.37. The lowest BCUT2D eigenvalue weighted by molar-refractivity contribution is -0.137. The monoisotopic (exact) mass is 463 g/mol. The summed E-state index contributed by atoms with van der Waals surface area (Å²) in [5.74, 6) is -3.78. The van der Waals surface area contributed by atoms with Crippen LogP contribution < -0.4 is 4.90 Å². The molecule has 1 fully saturated rings. The molecule has 2 bridgehead atoms. The van der Waals surface area contributed by atoms with E-state index in [2.05, 4.69) is 0 Å². The predicted octanol–water partition coefficient (Wildman–Crippen LogP) is 4.64. The number of para-hydroxylation sites is 1. The number of aliphatic hydroxyl groups is 1. The fourth-order valence-electron chi connectivity index (χ4n) is 6.69. The summed E-state index contributed by atoms with van der Waals surface area (Å²) in [6, 6.07) is 19.4. The lowest BCUT2D eigenvalue weighted by Gasteiger charge is -2.55. The molecule has 7 heteroatoms. The molecule has 3 atom stereocenters. The number of alkyl halides is 3. The van der Waals surface area contributed by atoms with Gasteiger partial charge in [-0.15, -0.1) is 0 Å². The molecule has 0 unspecified atom stereocenters. The number of carbonyl (C=O) groups is 2. The molecule has 0 radical (unpaired) electrons. The van der Waals surface area contributed by atoms with Crippen LogP contribution in [0, 0.1) is 11.8 Å². The van der Waals surface area contributed by atoms with Crippen LogP contribution in [0.2, 0.25) is 0 Å². The Morgan fingerprint density at radius 3 is 1.94 bits per heavy atom. The minimum absolute atomic E-state index is 0.465. The van der Waals surface area contributed by atoms with Crippen molar-refractivity contribution < 1.29 is 27.9 Å². The van der Waals surface area contributed by atoms with E-state index in [9.17, 15) is 27.9 Å². The van der Waals surface area contributed by atoms with E-state index in [1.54, 1.807) is 6.92 Å². The first-order valence-corrected chi connectivity index (χ1v) is 11.1. The van der Waals surface area contributed by atoms with Crippen LogP contribution in [-0.4, -0.2) is 23.0 Å². The Morgan fingerprint density at radius 2 is 1.38 bits per heavy atom. The standard InChI is InChI=1S/C27H20F3NO3/c1-14(32)26-17-10-4-2-8-15(17)21(16-9-3-5-11-18(16)26)22-23(26)25(34)31(24(22)33)20-13-7-6-12-19(20)27(28,29)30/h2-14,21-23,32H,1H3/t14-,21?,22+,23+,26?/m0/s1. The molecule has 3 aliphatic carbocycles. The molecule has 3 aromatic carbocycles. The highest BCUT2D eigenvalue weighted by Gasteiger charge is 2.69. The number of hydrogen-bond acceptors (Lipinski definition) is 3. The molecule has 1 heterocycles. The number of benzene rings is 3. The number of nitrogens with zero attached hydrogens (tertiary/aromatic N) is 1. The zero-order valence-corrected chi connectivity index (χ0v) is 18.1. The Balaban J connectivity index is 1.65. The summed E-state index contributed by atoms with van der Waals surface area (Å²) in [7, 11) is 0. The van der Waals surface area contributed by atoms with E-state index in [-0.39, 0.29) is 0 Å². The summed E-state index contributed by atoms with van der Waals surface area (Å²) in [5, 5.41) is 11.3. The van der Waals surface area contributed by atoms with Gasteiger partial charge >= 0.3 is 6.18 Å². The van der Waals surface area contributed by atoms with Gasteiger partial charge in [0, 0.05) is 5.92 Å². The van der Waals surface area contributed by atoms with Crippen LogP contribution in [0.5, 0.6) is 0 Å². The van der Waals surface area contributed by atoms with Crippen molar-refractivity contribution in [3.8, 4) is 0 Å². The number of amides is 2. The zero-order chi connectivity index (χ0) is 24.0. The van der Waals surface area contributed by atoms with Gasteiger partial charge in [0.2, 0.25) is 11.8 Å². The average molecular weight is 463 g/mol. The molecule has 1 saturated heterocycles. The lowest BCUT2D eigenvalue weighted by atomic mass is 9.46. The largest absolute Gasteiger partial charge is 0.418 e. The maximum atomic E-state index is 14.0. The van der Waals surface area contributed by atoms with E-state index in [0.717, 1.165) is 34.4 Å². The van der Waals surface area contributed by atoms with Gasteiger partial charge in [-0.1, -0.05) is 60.7 Å². The van der Waals surface area contributed by atoms with Gasteiger partial charge in [0.15, 0.2) is 0 Å². The topological polar surface area (TPSA) is 57.6 Å². The number of hydrogen-bond donors (Lipinski definition) is 1. The Labute approximate surface area is 193 Å². The molecule has 1 N–H and O–H groups in total. The summed E-state index contributed by atoms with van der Waals surface area (Å²) in [5.41, 5.74) is 0.410. The Hall–Kier alpha value is -3.45. The molecule has 0 spiro atoms. The van der Waals surface area contributed by atoms with Crippen molar-refractivity contribution in [3.63, 3.8) is 0 Å². The van der Waals surface area contributed by atoms with Crippen LogP contribution in [-0.2, 0) is 21.2 Å². The summed E-state index contributed by atoms with van der Waals surface area (Å²) < 4.78 is 41.5. The molecule has 1 aliphatic heterocycles. The third-order valence-corrected chi connectivity index (χ3v) is 7.79. The molecule has 3 aromatic rings. The first-order valence-electron chi connectivity index (χ1n) is 11.1. The second-order valence-electron chi connectivity index (χ2n) is 9.23. The van der Waals surface area contributed by atoms with Gasteiger partial charge in [0.05, 0.1) is 34.6 Å². The molecule has 4 nitrogen and oxygen atoms in total. The number of carbonyl (C=O) groups excluding carboxylic acids is 2. The summed E-state index contributed by atoms with van der Waals surface area (Å²) in [6.45, 7) is 1.58. The average Bonchev–Trinajstić information content (AvgIpc) is 3.09. The smallest absolute Gasteiger partial charge is 0.392 e. The van der Waals surface area contributed by atoms with Crippen molar-refractivity contribution in [1.82, 2.24) is 0 Å². The molecule has 7 rings (SSSR count). The lowest BCUT2D eigenvalue weighted by Crippen LogP contribution is -2.58. The zero-order valence-electron chi connectivity index (χ0n) is 18.1. The normalized spacial score (nSPS) is 27.9. The van der Waals surface area contributed by atoms with Crippen molar-refractivity contribution in [3.05, 3.63) is 101 Å². The fraction of sp³-hybridized carbons (Fsp3) is 0.259. The summed E-state index contributed by atoms with van der Waals surface area (Å²) >= 11 is 0. The van der Waals surface area contributed by atoms with Crippen molar-refractivity contribution in [2.24, 2.45) is 11.8 Å². The highest BCUT2D eigenvalue weighted by Crippen LogP contribution is 2.65. The second kappa shape index (κ2) is 6.79. The SMILES string of the molecule is C[C@H](O)C12c3ccccc3C(c3ccccc31)[C@H]1C(=O)N(c3ccccc3C(F)(F)F)C(=O)[C@@H]12. The van der Waals surface area contributed by atoms with Crippen LogP contribution >= 0.6 is 0 Å². The van der Waals surface area contributed by atoms with Gasteiger partial charge in [-0.3, -0.25) is 9.59 Å². The van der Waals surface area contributed by atoms with Gasteiger partial charge in [-0.25, -0.2) is 4.90 Å². The number of rotatable bonds is 2. The van der Waals surface area contributed by atoms with E-state index in [0.29, 0.717) is 4.90 Å². The molecule has 4 aliphatic rings.